The van der Waals surface area contributed by atoms with Crippen molar-refractivity contribution in [2.24, 2.45) is 11.3 Å². The number of anilines is 2. The quantitative estimate of drug-likeness (QED) is 0.669. The maximum atomic E-state index is 12.5. The van der Waals surface area contributed by atoms with E-state index in [9.17, 15) is 9.59 Å². The van der Waals surface area contributed by atoms with Gasteiger partial charge in [0.1, 0.15) is 0 Å². The molecular weight excluding hydrogens is 264 g/mol. The number of amides is 2. The fraction of sp³-hybridized carbons (Fsp3) is 0.429. The predicted octanol–water partition coefficient (Wildman–Crippen LogP) is 2.85. The Balaban J connectivity index is 2.46. The minimum Gasteiger partial charge on any atom is -0.397 e. The molecule has 1 fully saturated rings. The Morgan fingerprint density at radius 2 is 2.00 bits per heavy atom. The summed E-state index contributed by atoms with van der Waals surface area (Å²) in [4.78, 5) is 25.9. The van der Waals surface area contributed by atoms with Crippen molar-refractivity contribution in [1.82, 2.24) is 0 Å². The normalized spacial score (nSPS) is 23.5. The van der Waals surface area contributed by atoms with Crippen LogP contribution in [0.2, 0.25) is 5.02 Å². The highest BCUT2D eigenvalue weighted by atomic mass is 35.5. The van der Waals surface area contributed by atoms with Gasteiger partial charge < -0.3 is 5.73 Å². The van der Waals surface area contributed by atoms with E-state index in [2.05, 4.69) is 0 Å². The van der Waals surface area contributed by atoms with E-state index in [0.717, 1.165) is 0 Å². The Morgan fingerprint density at radius 3 is 2.47 bits per heavy atom. The molecule has 4 nitrogen and oxygen atoms in total. The molecule has 0 saturated carbocycles. The van der Waals surface area contributed by atoms with Gasteiger partial charge in [0.05, 0.1) is 16.8 Å². The lowest BCUT2D eigenvalue weighted by atomic mass is 9.78. The molecule has 0 bridgehead atoms. The standard InChI is InChI=1S/C14H17ClN2O2/c1-8(2)14(3)7-12(18)17(13(14)19)11-5-4-9(15)6-10(11)16/h4-6,8H,7,16H2,1-3H3. The largest absolute Gasteiger partial charge is 0.397 e. The molecule has 5 heteroatoms. The van der Waals surface area contributed by atoms with Crippen LogP contribution in [0.4, 0.5) is 11.4 Å². The molecule has 0 aliphatic carbocycles. The van der Waals surface area contributed by atoms with E-state index < -0.39 is 5.41 Å². The molecule has 0 aromatic heterocycles. The van der Waals surface area contributed by atoms with Gasteiger partial charge in [0.2, 0.25) is 11.8 Å². The summed E-state index contributed by atoms with van der Waals surface area (Å²) in [5.41, 5.74) is 5.95. The van der Waals surface area contributed by atoms with E-state index in [0.29, 0.717) is 16.4 Å². The van der Waals surface area contributed by atoms with Crippen molar-refractivity contribution in [2.45, 2.75) is 27.2 Å². The third-order valence-corrected chi connectivity index (χ3v) is 4.20. The number of rotatable bonds is 2. The Hall–Kier alpha value is -1.55. The molecular formula is C14H17ClN2O2. The maximum Gasteiger partial charge on any atom is 0.240 e. The van der Waals surface area contributed by atoms with Gasteiger partial charge >= 0.3 is 0 Å². The first-order valence-corrected chi connectivity index (χ1v) is 6.57. The van der Waals surface area contributed by atoms with E-state index >= 15 is 0 Å². The number of benzene rings is 1. The molecule has 1 aromatic rings. The number of carbonyl (C=O) groups is 2. The predicted molar refractivity (Wildman–Crippen MR) is 75.9 cm³/mol. The molecule has 1 atom stereocenters. The van der Waals surface area contributed by atoms with Gasteiger partial charge in [-0.25, -0.2) is 4.90 Å². The molecule has 1 unspecified atom stereocenters. The third kappa shape index (κ3) is 2.10. The molecule has 102 valence electrons. The van der Waals surface area contributed by atoms with Crippen LogP contribution in [-0.4, -0.2) is 11.8 Å². The molecule has 1 aliphatic heterocycles. The van der Waals surface area contributed by atoms with Crippen molar-refractivity contribution in [3.63, 3.8) is 0 Å². The van der Waals surface area contributed by atoms with Gasteiger partial charge in [-0.15, -0.1) is 0 Å². The highest BCUT2D eigenvalue weighted by molar-refractivity contribution is 6.31. The Kier molecular flexibility index (Phi) is 3.31. The topological polar surface area (TPSA) is 63.4 Å². The van der Waals surface area contributed by atoms with Crippen LogP contribution in [0.15, 0.2) is 18.2 Å². The second-order valence-electron chi connectivity index (χ2n) is 5.49. The molecule has 2 N–H and O–H groups in total. The molecule has 1 aliphatic rings. The van der Waals surface area contributed by atoms with E-state index in [1.54, 1.807) is 18.2 Å². The fourth-order valence-electron chi connectivity index (χ4n) is 2.26. The molecule has 0 spiro atoms. The molecule has 2 rings (SSSR count). The molecule has 2 amide bonds. The number of nitrogen functional groups attached to an aromatic ring is 1. The van der Waals surface area contributed by atoms with Crippen molar-refractivity contribution >= 4 is 34.8 Å². The second kappa shape index (κ2) is 4.53. The minimum absolute atomic E-state index is 0.0856. The van der Waals surface area contributed by atoms with Crippen LogP contribution in [0, 0.1) is 11.3 Å². The van der Waals surface area contributed by atoms with Gasteiger partial charge in [0, 0.05) is 11.4 Å². The number of carbonyl (C=O) groups excluding carboxylic acids is 2. The van der Waals surface area contributed by atoms with Crippen molar-refractivity contribution < 1.29 is 9.59 Å². The SMILES string of the molecule is CC(C)C1(C)CC(=O)N(c2ccc(Cl)cc2N)C1=O. The fourth-order valence-corrected chi connectivity index (χ4v) is 2.44. The van der Waals surface area contributed by atoms with Gasteiger partial charge in [-0.2, -0.15) is 0 Å². The number of imide groups is 1. The van der Waals surface area contributed by atoms with Crippen LogP contribution in [0.3, 0.4) is 0 Å². The summed E-state index contributed by atoms with van der Waals surface area (Å²) in [5.74, 6) is -0.320. The number of nitrogens with zero attached hydrogens (tertiary/aromatic N) is 1. The lowest BCUT2D eigenvalue weighted by molar-refractivity contribution is -0.126. The Labute approximate surface area is 117 Å². The summed E-state index contributed by atoms with van der Waals surface area (Å²) < 4.78 is 0. The highest BCUT2D eigenvalue weighted by Crippen LogP contribution is 2.42. The zero-order valence-corrected chi connectivity index (χ0v) is 12.0. The van der Waals surface area contributed by atoms with Gasteiger partial charge in [-0.1, -0.05) is 25.4 Å². The smallest absolute Gasteiger partial charge is 0.240 e. The van der Waals surface area contributed by atoms with E-state index in [1.807, 2.05) is 20.8 Å². The number of hydrogen-bond acceptors (Lipinski definition) is 3. The summed E-state index contributed by atoms with van der Waals surface area (Å²) in [6.07, 6.45) is 0.214. The molecule has 0 radical (unpaired) electrons. The number of hydrogen-bond donors (Lipinski definition) is 1. The van der Waals surface area contributed by atoms with Crippen LogP contribution >= 0.6 is 11.6 Å². The molecule has 19 heavy (non-hydrogen) atoms. The first-order chi connectivity index (χ1) is 8.77. The van der Waals surface area contributed by atoms with Crippen molar-refractivity contribution in [3.8, 4) is 0 Å². The van der Waals surface area contributed by atoms with Gasteiger partial charge in [-0.05, 0) is 31.0 Å². The Morgan fingerprint density at radius 1 is 1.37 bits per heavy atom. The van der Waals surface area contributed by atoms with Crippen molar-refractivity contribution in [2.75, 3.05) is 10.6 Å². The number of halogens is 1. The third-order valence-electron chi connectivity index (χ3n) is 3.96. The molecule has 1 heterocycles. The van der Waals surface area contributed by atoms with E-state index in [1.165, 1.54) is 4.90 Å². The molecule has 1 saturated heterocycles. The van der Waals surface area contributed by atoms with Gasteiger partial charge in [0.15, 0.2) is 0 Å². The average Bonchev–Trinajstić information content (AvgIpc) is 2.53. The zero-order chi connectivity index (χ0) is 14.4. The zero-order valence-electron chi connectivity index (χ0n) is 11.2. The van der Waals surface area contributed by atoms with E-state index in [-0.39, 0.29) is 24.2 Å². The Bertz CT molecular complexity index is 556. The maximum absolute atomic E-state index is 12.5. The first kappa shape index (κ1) is 13.9. The lowest BCUT2D eigenvalue weighted by Crippen LogP contribution is -2.37. The van der Waals surface area contributed by atoms with Crippen molar-refractivity contribution in [3.05, 3.63) is 23.2 Å². The average molecular weight is 281 g/mol. The van der Waals surface area contributed by atoms with Crippen LogP contribution in [0.25, 0.3) is 0 Å². The van der Waals surface area contributed by atoms with Crippen LogP contribution < -0.4 is 10.6 Å². The lowest BCUT2D eigenvalue weighted by Gasteiger charge is -2.26. The van der Waals surface area contributed by atoms with Crippen molar-refractivity contribution in [1.29, 1.82) is 0 Å². The summed E-state index contributed by atoms with van der Waals surface area (Å²) in [6.45, 7) is 5.71. The highest BCUT2D eigenvalue weighted by Gasteiger charge is 2.50. The monoisotopic (exact) mass is 280 g/mol. The summed E-state index contributed by atoms with van der Waals surface area (Å²) in [6, 6.07) is 4.78. The second-order valence-corrected chi connectivity index (χ2v) is 5.92. The molecule has 1 aromatic carbocycles. The summed E-state index contributed by atoms with van der Waals surface area (Å²) in [7, 11) is 0. The van der Waals surface area contributed by atoms with Crippen LogP contribution in [-0.2, 0) is 9.59 Å². The first-order valence-electron chi connectivity index (χ1n) is 6.20. The minimum atomic E-state index is -0.664. The van der Waals surface area contributed by atoms with Gasteiger partial charge in [0.25, 0.3) is 0 Å². The summed E-state index contributed by atoms with van der Waals surface area (Å²) >= 11 is 5.83. The van der Waals surface area contributed by atoms with Gasteiger partial charge in [-0.3, -0.25) is 9.59 Å². The van der Waals surface area contributed by atoms with Crippen LogP contribution in [0.1, 0.15) is 27.2 Å². The van der Waals surface area contributed by atoms with E-state index in [4.69, 9.17) is 17.3 Å². The van der Waals surface area contributed by atoms with Crippen LogP contribution in [0.5, 0.6) is 0 Å². The summed E-state index contributed by atoms with van der Waals surface area (Å²) in [5, 5.41) is 0.479. The number of nitrogens with two attached hydrogens (primary N) is 1.